The molecule has 0 aliphatic carbocycles. The number of hydrogen-bond acceptors (Lipinski definition) is 6. The third kappa shape index (κ3) is 13.5. The maximum Gasteiger partial charge on any atom is 0.573 e. The lowest BCUT2D eigenvalue weighted by Gasteiger charge is -2.16. The summed E-state index contributed by atoms with van der Waals surface area (Å²) in [7, 11) is 0. The van der Waals surface area contributed by atoms with Gasteiger partial charge in [-0.15, -0.1) is 26.3 Å². The van der Waals surface area contributed by atoms with Crippen molar-refractivity contribution >= 4 is 51.1 Å². The lowest BCUT2D eigenvalue weighted by atomic mass is 10.1. The average molecular weight is 970 g/mol. The predicted octanol–water partition coefficient (Wildman–Crippen LogP) is 13.1. The van der Waals surface area contributed by atoms with Gasteiger partial charge in [0, 0.05) is 4.47 Å². The molecule has 320 valence electrons. The highest BCUT2D eigenvalue weighted by molar-refractivity contribution is 9.10. The highest BCUT2D eigenvalue weighted by Crippen LogP contribution is 2.42. The molecule has 0 aliphatic heterocycles. The maximum absolute atomic E-state index is 14.0. The molecule has 4 rings (SSSR count). The summed E-state index contributed by atoms with van der Waals surface area (Å²) < 4.78 is 211. The summed E-state index contributed by atoms with van der Waals surface area (Å²) in [5, 5.41) is 24.4. The molecule has 0 aliphatic rings. The largest absolute Gasteiger partial charge is 0.573 e. The van der Waals surface area contributed by atoms with E-state index in [-0.39, 0.29) is 18.0 Å². The standard InChI is InChI=1S/C15H5ClF8O4.C8H3BrF4O2.C7H3ClF4O2.CH4/c16-10-7(3-4-8(12(10)18)28-15(22,23)24)27-6-2-1-5(14(19,20)21)11(17)9(6)13(25)26;9-4-2-1-3(8(11,12)13)6(10)5(4)7(14)15;8-5-3(13)1-2-4(6(5)9)14-7(10,11)12;/h1-4H,(H,25,26);1-2H,(H,14,15);1-2,13H;1H4. The van der Waals surface area contributed by atoms with Crippen LogP contribution in [0.4, 0.5) is 70.2 Å². The highest BCUT2D eigenvalue weighted by Gasteiger charge is 2.39. The SMILES string of the molecule is C.O=C(O)c1c(Br)ccc(C(F)(F)F)c1F.O=C(O)c1c(Oc2ccc(OC(F)(F)F)c(F)c2Cl)ccc(C(F)(F)F)c1F.Oc1ccc(OC(F)(F)F)c(F)c1Cl. The van der Waals surface area contributed by atoms with Crippen LogP contribution in [0.25, 0.3) is 0 Å². The molecule has 0 fully saturated rings. The van der Waals surface area contributed by atoms with E-state index in [1.54, 1.807) is 0 Å². The Morgan fingerprint density at radius 1 is 0.534 bits per heavy atom. The van der Waals surface area contributed by atoms with Crippen molar-refractivity contribution in [2.24, 2.45) is 0 Å². The number of rotatable bonds is 6. The number of carboxylic acids is 2. The van der Waals surface area contributed by atoms with Gasteiger partial charge in [0.25, 0.3) is 0 Å². The molecule has 0 atom stereocenters. The zero-order valence-electron chi connectivity index (χ0n) is 26.2. The Labute approximate surface area is 329 Å². The second-order valence-electron chi connectivity index (χ2n) is 9.79. The molecular weight excluding hydrogens is 955 g/mol. The lowest BCUT2D eigenvalue weighted by Crippen LogP contribution is -2.18. The quantitative estimate of drug-likeness (QED) is 0.163. The molecule has 0 saturated carbocycles. The molecule has 27 heteroatoms. The average Bonchev–Trinajstić information content (AvgIpc) is 3.03. The third-order valence-corrected chi connectivity index (χ3v) is 7.32. The minimum Gasteiger partial charge on any atom is -0.506 e. The second kappa shape index (κ2) is 19.1. The van der Waals surface area contributed by atoms with Gasteiger partial charge in [-0.05, 0) is 64.5 Å². The number of phenols is 1. The number of carboxylic acid groups (broad SMARTS) is 2. The van der Waals surface area contributed by atoms with Crippen LogP contribution in [0.3, 0.4) is 0 Å². The van der Waals surface area contributed by atoms with E-state index in [9.17, 15) is 79.8 Å². The van der Waals surface area contributed by atoms with Gasteiger partial charge in [-0.2, -0.15) is 26.3 Å². The first-order valence-electron chi connectivity index (χ1n) is 13.5. The molecule has 0 unspecified atom stereocenters. The van der Waals surface area contributed by atoms with Crippen LogP contribution in [0.2, 0.25) is 10.0 Å². The van der Waals surface area contributed by atoms with Crippen LogP contribution in [0.1, 0.15) is 39.3 Å². The summed E-state index contributed by atoms with van der Waals surface area (Å²) in [5.74, 6) is -15.9. The molecule has 0 spiro atoms. The van der Waals surface area contributed by atoms with E-state index in [0.717, 1.165) is 12.1 Å². The van der Waals surface area contributed by atoms with Gasteiger partial charge in [-0.25, -0.2) is 27.2 Å². The van der Waals surface area contributed by atoms with E-state index in [0.29, 0.717) is 30.3 Å². The number of alkyl halides is 12. The summed E-state index contributed by atoms with van der Waals surface area (Å²) in [6, 6.07) is 4.39. The Balaban J connectivity index is 0.000000474. The fourth-order valence-electron chi connectivity index (χ4n) is 3.67. The van der Waals surface area contributed by atoms with Crippen molar-refractivity contribution in [3.63, 3.8) is 0 Å². The fraction of sp³-hybridized carbons (Fsp3) is 0.161. The molecule has 4 aromatic rings. The second-order valence-corrected chi connectivity index (χ2v) is 11.4. The molecule has 0 bridgehead atoms. The number of aromatic carboxylic acids is 2. The van der Waals surface area contributed by atoms with Crippen LogP contribution in [0, 0.1) is 23.3 Å². The maximum atomic E-state index is 14.0. The minimum absolute atomic E-state index is 0. The van der Waals surface area contributed by atoms with Gasteiger partial charge in [0.2, 0.25) is 0 Å². The van der Waals surface area contributed by atoms with E-state index in [4.69, 9.17) is 43.3 Å². The topological polar surface area (TPSA) is 123 Å². The molecule has 0 heterocycles. The molecule has 0 amide bonds. The zero-order chi connectivity index (χ0) is 44.2. The van der Waals surface area contributed by atoms with Crippen molar-refractivity contribution in [2.45, 2.75) is 32.5 Å². The number of phenolic OH excluding ortho intramolecular Hbond substituents is 1. The Hall–Kier alpha value is -5.04. The van der Waals surface area contributed by atoms with Gasteiger partial charge < -0.3 is 29.5 Å². The van der Waals surface area contributed by atoms with Crippen molar-refractivity contribution in [1.82, 2.24) is 0 Å². The summed E-state index contributed by atoms with van der Waals surface area (Å²) in [5.41, 5.74) is -6.06. The molecule has 0 aromatic heterocycles. The van der Waals surface area contributed by atoms with Crippen molar-refractivity contribution in [1.29, 1.82) is 0 Å². The molecule has 58 heavy (non-hydrogen) atoms. The summed E-state index contributed by atoms with van der Waals surface area (Å²) in [6.45, 7) is 0. The number of carbonyl (C=O) groups is 2. The predicted molar refractivity (Wildman–Crippen MR) is 169 cm³/mol. The van der Waals surface area contributed by atoms with Crippen molar-refractivity contribution in [2.75, 3.05) is 0 Å². The summed E-state index contributed by atoms with van der Waals surface area (Å²) >= 11 is 13.3. The van der Waals surface area contributed by atoms with Crippen LogP contribution in [0.5, 0.6) is 28.7 Å². The number of halogens is 19. The van der Waals surface area contributed by atoms with Crippen molar-refractivity contribution < 1.29 is 109 Å². The Morgan fingerprint density at radius 2 is 0.897 bits per heavy atom. The van der Waals surface area contributed by atoms with Gasteiger partial charge in [-0.3, -0.25) is 0 Å². The van der Waals surface area contributed by atoms with Crippen LogP contribution in [-0.2, 0) is 12.4 Å². The first-order chi connectivity index (χ1) is 25.8. The van der Waals surface area contributed by atoms with Gasteiger partial charge in [0.15, 0.2) is 34.8 Å². The van der Waals surface area contributed by atoms with Crippen molar-refractivity contribution in [3.8, 4) is 28.7 Å². The molecular formula is C31H15BrCl2F16O8. The van der Waals surface area contributed by atoms with E-state index >= 15 is 0 Å². The van der Waals surface area contributed by atoms with Crippen LogP contribution >= 0.6 is 39.1 Å². The van der Waals surface area contributed by atoms with E-state index in [2.05, 4.69) is 25.4 Å². The first-order valence-corrected chi connectivity index (χ1v) is 15.1. The van der Waals surface area contributed by atoms with Crippen LogP contribution in [0.15, 0.2) is 53.0 Å². The Morgan fingerprint density at radius 3 is 1.31 bits per heavy atom. The molecule has 4 aromatic carbocycles. The monoisotopic (exact) mass is 968 g/mol. The summed E-state index contributed by atoms with van der Waals surface area (Å²) in [4.78, 5) is 21.6. The Kier molecular flexibility index (Phi) is 16.8. The van der Waals surface area contributed by atoms with Gasteiger partial charge in [-0.1, -0.05) is 30.6 Å². The van der Waals surface area contributed by atoms with Gasteiger partial charge in [0.05, 0.1) is 11.1 Å². The minimum atomic E-state index is -5.25. The number of hydrogen-bond donors (Lipinski definition) is 3. The van der Waals surface area contributed by atoms with Crippen molar-refractivity contribution in [3.05, 3.63) is 109 Å². The van der Waals surface area contributed by atoms with E-state index < -0.39 is 121 Å². The van der Waals surface area contributed by atoms with E-state index in [1.807, 2.05) is 0 Å². The molecule has 8 nitrogen and oxygen atoms in total. The lowest BCUT2D eigenvalue weighted by molar-refractivity contribution is -0.276. The van der Waals surface area contributed by atoms with Crippen LogP contribution < -0.4 is 14.2 Å². The Bertz CT molecular complexity index is 2140. The number of benzene rings is 4. The van der Waals surface area contributed by atoms with E-state index in [1.165, 1.54) is 0 Å². The third-order valence-electron chi connectivity index (χ3n) is 5.94. The zero-order valence-corrected chi connectivity index (χ0v) is 29.3. The molecule has 0 saturated heterocycles. The smallest absolute Gasteiger partial charge is 0.506 e. The number of ether oxygens (including phenoxy) is 3. The molecule has 3 N–H and O–H groups in total. The summed E-state index contributed by atoms with van der Waals surface area (Å²) in [6.07, 6.45) is -20.4. The number of aromatic hydroxyl groups is 1. The fourth-order valence-corrected chi connectivity index (χ4v) is 4.50. The highest BCUT2D eigenvalue weighted by atomic mass is 79.9. The first kappa shape index (κ1) is 51.0. The normalized spacial score (nSPS) is 11.6. The van der Waals surface area contributed by atoms with Crippen LogP contribution in [-0.4, -0.2) is 40.0 Å². The van der Waals surface area contributed by atoms with Gasteiger partial charge in [0.1, 0.15) is 38.4 Å². The van der Waals surface area contributed by atoms with Gasteiger partial charge >= 0.3 is 37.0 Å². The molecule has 0 radical (unpaired) electrons.